The summed E-state index contributed by atoms with van der Waals surface area (Å²) in [5.74, 6) is 1.72. The fourth-order valence-corrected chi connectivity index (χ4v) is 2.98. The lowest BCUT2D eigenvalue weighted by Crippen LogP contribution is -2.29. The third-order valence-electron chi connectivity index (χ3n) is 4.31. The highest BCUT2D eigenvalue weighted by atomic mass is 16.5. The fourth-order valence-electron chi connectivity index (χ4n) is 2.98. The van der Waals surface area contributed by atoms with E-state index in [1.165, 1.54) is 19.3 Å². The van der Waals surface area contributed by atoms with Crippen LogP contribution >= 0.6 is 0 Å². The largest absolute Gasteiger partial charge is 0.380 e. The van der Waals surface area contributed by atoms with Crippen LogP contribution in [-0.4, -0.2) is 33.3 Å². The second-order valence-corrected chi connectivity index (χ2v) is 6.40. The predicted molar refractivity (Wildman–Crippen MR) is 88.1 cm³/mol. The molecule has 6 heteroatoms. The van der Waals surface area contributed by atoms with Crippen molar-refractivity contribution in [1.29, 1.82) is 0 Å². The van der Waals surface area contributed by atoms with E-state index in [0.29, 0.717) is 12.2 Å². The molecule has 1 atom stereocenters. The zero-order chi connectivity index (χ0) is 16.3. The van der Waals surface area contributed by atoms with Crippen molar-refractivity contribution in [3.8, 4) is 11.4 Å². The van der Waals surface area contributed by atoms with Gasteiger partial charge in [0.15, 0.2) is 0 Å². The van der Waals surface area contributed by atoms with E-state index < -0.39 is 5.60 Å². The van der Waals surface area contributed by atoms with Crippen LogP contribution in [0.1, 0.15) is 51.8 Å². The second-order valence-electron chi connectivity index (χ2n) is 6.40. The van der Waals surface area contributed by atoms with Crippen LogP contribution < -0.4 is 4.90 Å². The molecule has 1 aliphatic rings. The number of hydrogen-bond donors (Lipinski definition) is 1. The number of aliphatic hydroxyl groups is 1. The fraction of sp³-hybridized carbons (Fsp3) is 0.588. The summed E-state index contributed by atoms with van der Waals surface area (Å²) in [6.07, 6.45) is 6.96. The Bertz CT molecular complexity index is 630. The van der Waals surface area contributed by atoms with Crippen molar-refractivity contribution >= 4 is 5.82 Å². The Kier molecular flexibility index (Phi) is 4.61. The number of anilines is 1. The number of hydrogen-bond acceptors (Lipinski definition) is 6. The van der Waals surface area contributed by atoms with E-state index in [1.54, 1.807) is 13.1 Å². The van der Waals surface area contributed by atoms with Crippen LogP contribution in [0.3, 0.4) is 0 Å². The first-order valence-electron chi connectivity index (χ1n) is 8.38. The molecule has 1 N–H and O–H groups in total. The number of rotatable bonds is 5. The average molecular weight is 316 g/mol. The van der Waals surface area contributed by atoms with Crippen molar-refractivity contribution < 1.29 is 9.63 Å². The number of pyridine rings is 1. The second kappa shape index (κ2) is 6.66. The van der Waals surface area contributed by atoms with Gasteiger partial charge < -0.3 is 14.5 Å². The molecule has 23 heavy (non-hydrogen) atoms. The molecule has 0 aromatic carbocycles. The topological polar surface area (TPSA) is 75.3 Å². The molecule has 0 saturated carbocycles. The van der Waals surface area contributed by atoms with E-state index in [2.05, 4.69) is 20.0 Å². The summed E-state index contributed by atoms with van der Waals surface area (Å²) in [6, 6.07) is 3.96. The zero-order valence-electron chi connectivity index (χ0n) is 13.8. The Balaban J connectivity index is 1.76. The van der Waals surface area contributed by atoms with E-state index in [-0.39, 0.29) is 5.89 Å². The molecular formula is C17H24N4O2. The van der Waals surface area contributed by atoms with Gasteiger partial charge in [0.05, 0.1) is 0 Å². The van der Waals surface area contributed by atoms with Crippen LogP contribution in [0.5, 0.6) is 0 Å². The van der Waals surface area contributed by atoms with Crippen LogP contribution in [-0.2, 0) is 5.60 Å². The summed E-state index contributed by atoms with van der Waals surface area (Å²) >= 11 is 0. The summed E-state index contributed by atoms with van der Waals surface area (Å²) in [6.45, 7) is 5.84. The molecule has 0 radical (unpaired) electrons. The summed E-state index contributed by atoms with van der Waals surface area (Å²) in [5.41, 5.74) is -0.283. The third-order valence-corrected chi connectivity index (χ3v) is 4.31. The molecule has 0 aliphatic carbocycles. The standard InChI is InChI=1S/C17H24N4O2/c1-3-9-17(2,22)16-19-15(20-23-16)13-7-8-14(18-12-13)21-10-5-4-6-11-21/h7-8,12,22H,3-6,9-11H2,1-2H3. The van der Waals surface area contributed by atoms with E-state index in [0.717, 1.165) is 30.9 Å². The summed E-state index contributed by atoms with van der Waals surface area (Å²) < 4.78 is 5.23. The van der Waals surface area contributed by atoms with Crippen molar-refractivity contribution in [3.63, 3.8) is 0 Å². The number of aromatic nitrogens is 3. The first kappa shape index (κ1) is 15.9. The van der Waals surface area contributed by atoms with E-state index in [9.17, 15) is 5.11 Å². The molecule has 1 fully saturated rings. The Hall–Kier alpha value is -1.95. The van der Waals surface area contributed by atoms with Gasteiger partial charge >= 0.3 is 0 Å². The highest BCUT2D eigenvalue weighted by molar-refractivity contribution is 5.56. The van der Waals surface area contributed by atoms with Crippen LogP contribution in [0.2, 0.25) is 0 Å². The Morgan fingerprint density at radius 2 is 2.04 bits per heavy atom. The molecule has 0 bridgehead atoms. The van der Waals surface area contributed by atoms with Gasteiger partial charge in [-0.25, -0.2) is 4.98 Å². The Morgan fingerprint density at radius 1 is 1.26 bits per heavy atom. The van der Waals surface area contributed by atoms with E-state index in [1.807, 2.05) is 19.1 Å². The maximum atomic E-state index is 10.3. The minimum atomic E-state index is -1.08. The molecular weight excluding hydrogens is 292 g/mol. The van der Waals surface area contributed by atoms with Gasteiger partial charge in [-0.05, 0) is 44.7 Å². The van der Waals surface area contributed by atoms with Gasteiger partial charge in [-0.2, -0.15) is 4.98 Å². The number of piperidine rings is 1. The quantitative estimate of drug-likeness (QED) is 0.913. The number of nitrogens with zero attached hydrogens (tertiary/aromatic N) is 4. The lowest BCUT2D eigenvalue weighted by atomic mass is 10.0. The Labute approximate surface area is 136 Å². The third kappa shape index (κ3) is 3.52. The maximum absolute atomic E-state index is 10.3. The monoisotopic (exact) mass is 316 g/mol. The first-order chi connectivity index (χ1) is 11.1. The minimum Gasteiger partial charge on any atom is -0.380 e. The van der Waals surface area contributed by atoms with Gasteiger partial charge in [0.2, 0.25) is 5.82 Å². The molecule has 1 unspecified atom stereocenters. The van der Waals surface area contributed by atoms with Crippen molar-refractivity contribution in [3.05, 3.63) is 24.2 Å². The van der Waals surface area contributed by atoms with Crippen LogP contribution in [0.15, 0.2) is 22.9 Å². The molecule has 124 valence electrons. The van der Waals surface area contributed by atoms with Crippen LogP contribution in [0.4, 0.5) is 5.82 Å². The first-order valence-corrected chi connectivity index (χ1v) is 8.38. The smallest absolute Gasteiger partial charge is 0.258 e. The van der Waals surface area contributed by atoms with Crippen molar-refractivity contribution in [1.82, 2.24) is 15.1 Å². The highest BCUT2D eigenvalue weighted by Gasteiger charge is 2.29. The van der Waals surface area contributed by atoms with Crippen molar-refractivity contribution in [2.24, 2.45) is 0 Å². The van der Waals surface area contributed by atoms with Gasteiger partial charge in [0, 0.05) is 24.8 Å². The zero-order valence-corrected chi connectivity index (χ0v) is 13.8. The molecule has 6 nitrogen and oxygen atoms in total. The lowest BCUT2D eigenvalue weighted by molar-refractivity contribution is 0.0138. The van der Waals surface area contributed by atoms with Crippen LogP contribution in [0.25, 0.3) is 11.4 Å². The molecule has 1 aliphatic heterocycles. The van der Waals surface area contributed by atoms with Gasteiger partial charge in [0.25, 0.3) is 5.89 Å². The van der Waals surface area contributed by atoms with E-state index >= 15 is 0 Å². The van der Waals surface area contributed by atoms with Crippen LogP contribution in [0, 0.1) is 0 Å². The predicted octanol–water partition coefficient (Wildman–Crippen LogP) is 3.13. The SMILES string of the molecule is CCCC(C)(O)c1nc(-c2ccc(N3CCCCC3)nc2)no1. The molecule has 2 aromatic heterocycles. The van der Waals surface area contributed by atoms with E-state index in [4.69, 9.17) is 4.52 Å². The summed E-state index contributed by atoms with van der Waals surface area (Å²) in [4.78, 5) is 11.2. The highest BCUT2D eigenvalue weighted by Crippen LogP contribution is 2.27. The van der Waals surface area contributed by atoms with Gasteiger partial charge in [0.1, 0.15) is 11.4 Å². The molecule has 3 rings (SSSR count). The lowest BCUT2D eigenvalue weighted by Gasteiger charge is -2.27. The molecule has 1 saturated heterocycles. The maximum Gasteiger partial charge on any atom is 0.258 e. The van der Waals surface area contributed by atoms with Gasteiger partial charge in [-0.15, -0.1) is 0 Å². The molecule has 3 heterocycles. The normalized spacial score (nSPS) is 18.0. The van der Waals surface area contributed by atoms with Gasteiger partial charge in [-0.3, -0.25) is 0 Å². The van der Waals surface area contributed by atoms with Gasteiger partial charge in [-0.1, -0.05) is 18.5 Å². The summed E-state index contributed by atoms with van der Waals surface area (Å²) in [7, 11) is 0. The molecule has 2 aromatic rings. The minimum absolute atomic E-state index is 0.259. The Morgan fingerprint density at radius 3 is 2.70 bits per heavy atom. The van der Waals surface area contributed by atoms with Crippen molar-refractivity contribution in [2.45, 2.75) is 51.6 Å². The van der Waals surface area contributed by atoms with Crippen molar-refractivity contribution in [2.75, 3.05) is 18.0 Å². The average Bonchev–Trinajstić information content (AvgIpc) is 3.07. The molecule has 0 spiro atoms. The molecule has 0 amide bonds. The summed E-state index contributed by atoms with van der Waals surface area (Å²) in [5, 5.41) is 14.3.